The summed E-state index contributed by atoms with van der Waals surface area (Å²) < 4.78 is 1.52. The van der Waals surface area contributed by atoms with Crippen molar-refractivity contribution in [2.24, 2.45) is 0 Å². The fraction of sp³-hybridized carbons (Fsp3) is 0.167. The number of nitrogens with one attached hydrogen (secondary N) is 1. The van der Waals surface area contributed by atoms with Crippen LogP contribution in [0.4, 0.5) is 0 Å². The highest BCUT2D eigenvalue weighted by Gasteiger charge is 2.13. The Kier molecular flexibility index (Phi) is 3.37. The first kappa shape index (κ1) is 12.9. The van der Waals surface area contributed by atoms with E-state index in [9.17, 15) is 4.79 Å². The molecule has 106 valence electrons. The van der Waals surface area contributed by atoms with Crippen LogP contribution in [0.5, 0.6) is 0 Å². The molecular formula is C12H12N8O. The van der Waals surface area contributed by atoms with Gasteiger partial charge in [-0.3, -0.25) is 9.89 Å². The van der Waals surface area contributed by atoms with E-state index in [4.69, 9.17) is 0 Å². The molecule has 3 rings (SSSR count). The Morgan fingerprint density at radius 2 is 2.14 bits per heavy atom. The van der Waals surface area contributed by atoms with Crippen LogP contribution in [0.1, 0.15) is 16.2 Å². The van der Waals surface area contributed by atoms with E-state index in [1.54, 1.807) is 36.2 Å². The summed E-state index contributed by atoms with van der Waals surface area (Å²) in [5.74, 6) is 0.533. The lowest BCUT2D eigenvalue weighted by Gasteiger charge is -2.15. The summed E-state index contributed by atoms with van der Waals surface area (Å²) in [5, 5.41) is 17.4. The zero-order chi connectivity index (χ0) is 14.7. The Balaban J connectivity index is 1.72. The van der Waals surface area contributed by atoms with Gasteiger partial charge in [0, 0.05) is 12.6 Å². The largest absolute Gasteiger partial charge is 0.334 e. The number of carbonyl (C=O) groups is 1. The van der Waals surface area contributed by atoms with E-state index in [-0.39, 0.29) is 5.91 Å². The van der Waals surface area contributed by atoms with E-state index in [2.05, 4.69) is 30.7 Å². The number of rotatable bonds is 4. The van der Waals surface area contributed by atoms with Crippen molar-refractivity contribution in [2.45, 2.75) is 6.54 Å². The maximum absolute atomic E-state index is 12.3. The van der Waals surface area contributed by atoms with Crippen LogP contribution in [-0.2, 0) is 6.54 Å². The average Bonchev–Trinajstić information content (AvgIpc) is 3.20. The lowest BCUT2D eigenvalue weighted by Crippen LogP contribution is -2.26. The molecule has 9 nitrogen and oxygen atoms in total. The SMILES string of the molecule is CN(Cc1ncn[nH]1)C(=O)c1ccc(-n2cnnn2)cc1. The second kappa shape index (κ2) is 5.49. The zero-order valence-corrected chi connectivity index (χ0v) is 11.2. The molecule has 0 radical (unpaired) electrons. The molecule has 21 heavy (non-hydrogen) atoms. The molecule has 2 heterocycles. The molecule has 0 saturated heterocycles. The van der Waals surface area contributed by atoms with Crippen LogP contribution < -0.4 is 0 Å². The number of aromatic nitrogens is 7. The van der Waals surface area contributed by atoms with E-state index in [0.717, 1.165) is 5.69 Å². The fourth-order valence-corrected chi connectivity index (χ4v) is 1.86. The lowest BCUT2D eigenvalue weighted by molar-refractivity contribution is 0.0781. The van der Waals surface area contributed by atoms with Crippen molar-refractivity contribution in [3.63, 3.8) is 0 Å². The standard InChI is InChI=1S/C12H12N8O/c1-19(6-11-13-7-14-16-11)12(21)9-2-4-10(5-3-9)20-8-15-17-18-20/h2-5,7-8H,6H2,1H3,(H,13,14,16). The number of nitrogens with zero attached hydrogens (tertiary/aromatic N) is 7. The van der Waals surface area contributed by atoms with E-state index < -0.39 is 0 Å². The quantitative estimate of drug-likeness (QED) is 0.725. The summed E-state index contributed by atoms with van der Waals surface area (Å²) in [6.45, 7) is 0.369. The highest BCUT2D eigenvalue weighted by Crippen LogP contribution is 2.10. The first-order chi connectivity index (χ1) is 10.2. The average molecular weight is 284 g/mol. The van der Waals surface area contributed by atoms with Gasteiger partial charge in [0.1, 0.15) is 18.5 Å². The highest BCUT2D eigenvalue weighted by molar-refractivity contribution is 5.94. The predicted molar refractivity (Wildman–Crippen MR) is 71.3 cm³/mol. The Morgan fingerprint density at radius 3 is 2.76 bits per heavy atom. The molecule has 0 atom stereocenters. The van der Waals surface area contributed by atoms with Crippen molar-refractivity contribution in [1.82, 2.24) is 40.3 Å². The Morgan fingerprint density at radius 1 is 1.33 bits per heavy atom. The van der Waals surface area contributed by atoms with Gasteiger partial charge in [-0.1, -0.05) is 0 Å². The minimum Gasteiger partial charge on any atom is -0.334 e. The summed E-state index contributed by atoms with van der Waals surface area (Å²) in [4.78, 5) is 17.8. The molecular weight excluding hydrogens is 272 g/mol. The van der Waals surface area contributed by atoms with Crippen molar-refractivity contribution < 1.29 is 4.79 Å². The zero-order valence-electron chi connectivity index (χ0n) is 11.2. The van der Waals surface area contributed by atoms with Gasteiger partial charge in [-0.25, -0.2) is 9.67 Å². The molecule has 2 aromatic heterocycles. The molecule has 1 N–H and O–H groups in total. The summed E-state index contributed by atoms with van der Waals surface area (Å²) in [7, 11) is 1.71. The molecule has 1 aromatic carbocycles. The van der Waals surface area contributed by atoms with Crippen LogP contribution in [0, 0.1) is 0 Å². The van der Waals surface area contributed by atoms with Gasteiger partial charge in [-0.2, -0.15) is 5.10 Å². The number of hydrogen-bond donors (Lipinski definition) is 1. The second-order valence-electron chi connectivity index (χ2n) is 4.39. The van der Waals surface area contributed by atoms with Crippen molar-refractivity contribution in [1.29, 1.82) is 0 Å². The first-order valence-electron chi connectivity index (χ1n) is 6.17. The molecule has 0 aliphatic carbocycles. The summed E-state index contributed by atoms with van der Waals surface area (Å²) in [5.41, 5.74) is 1.36. The van der Waals surface area contributed by atoms with Gasteiger partial charge in [0.25, 0.3) is 5.91 Å². The third-order valence-electron chi connectivity index (χ3n) is 2.93. The van der Waals surface area contributed by atoms with Crippen LogP contribution in [0.3, 0.4) is 0 Å². The fourth-order valence-electron chi connectivity index (χ4n) is 1.86. The number of amides is 1. The number of aromatic amines is 1. The Hall–Kier alpha value is -3.10. The summed E-state index contributed by atoms with van der Waals surface area (Å²) >= 11 is 0. The number of hydrogen-bond acceptors (Lipinski definition) is 6. The molecule has 0 fully saturated rings. The molecule has 0 aliphatic rings. The number of tetrazole rings is 1. The third-order valence-corrected chi connectivity index (χ3v) is 2.93. The molecule has 0 saturated carbocycles. The van der Waals surface area contributed by atoms with E-state index >= 15 is 0 Å². The second-order valence-corrected chi connectivity index (χ2v) is 4.39. The summed E-state index contributed by atoms with van der Waals surface area (Å²) in [6.07, 6.45) is 2.90. The highest BCUT2D eigenvalue weighted by atomic mass is 16.2. The minimum absolute atomic E-state index is 0.102. The van der Waals surface area contributed by atoms with Gasteiger partial charge >= 0.3 is 0 Å². The Bertz CT molecular complexity index is 704. The number of benzene rings is 1. The van der Waals surface area contributed by atoms with Crippen molar-refractivity contribution in [2.75, 3.05) is 7.05 Å². The Labute approximate surface area is 119 Å². The van der Waals surface area contributed by atoms with Crippen LogP contribution in [0.25, 0.3) is 5.69 Å². The number of carbonyl (C=O) groups excluding carboxylic acids is 1. The van der Waals surface area contributed by atoms with Gasteiger partial charge in [-0.15, -0.1) is 5.10 Å². The molecule has 0 spiro atoms. The molecule has 9 heteroatoms. The van der Waals surface area contributed by atoms with Crippen LogP contribution in [-0.4, -0.2) is 53.2 Å². The topological polar surface area (TPSA) is 105 Å². The maximum Gasteiger partial charge on any atom is 0.254 e. The molecule has 0 bridgehead atoms. The van der Waals surface area contributed by atoms with Gasteiger partial charge < -0.3 is 4.90 Å². The van der Waals surface area contributed by atoms with Crippen molar-refractivity contribution in [3.8, 4) is 5.69 Å². The van der Waals surface area contributed by atoms with E-state index in [1.165, 1.54) is 17.3 Å². The van der Waals surface area contributed by atoms with E-state index in [0.29, 0.717) is 17.9 Å². The van der Waals surface area contributed by atoms with Crippen molar-refractivity contribution in [3.05, 3.63) is 48.3 Å². The molecule has 0 aliphatic heterocycles. The number of H-pyrrole nitrogens is 1. The molecule has 1 amide bonds. The summed E-state index contributed by atoms with van der Waals surface area (Å²) in [6, 6.07) is 7.03. The normalized spacial score (nSPS) is 10.5. The minimum atomic E-state index is -0.102. The lowest BCUT2D eigenvalue weighted by atomic mass is 10.2. The van der Waals surface area contributed by atoms with Gasteiger partial charge in [0.05, 0.1) is 12.2 Å². The van der Waals surface area contributed by atoms with Gasteiger partial charge in [0.2, 0.25) is 0 Å². The van der Waals surface area contributed by atoms with Crippen LogP contribution in [0.15, 0.2) is 36.9 Å². The first-order valence-corrected chi connectivity index (χ1v) is 6.17. The van der Waals surface area contributed by atoms with Crippen LogP contribution >= 0.6 is 0 Å². The monoisotopic (exact) mass is 284 g/mol. The predicted octanol–water partition coefficient (Wildman–Crippen LogP) is 0.0526. The molecule has 3 aromatic rings. The van der Waals surface area contributed by atoms with Gasteiger partial charge in [-0.05, 0) is 34.7 Å². The third kappa shape index (κ3) is 2.76. The van der Waals surface area contributed by atoms with E-state index in [1.807, 2.05) is 0 Å². The maximum atomic E-state index is 12.3. The van der Waals surface area contributed by atoms with Crippen LogP contribution in [0.2, 0.25) is 0 Å². The van der Waals surface area contributed by atoms with Gasteiger partial charge in [0.15, 0.2) is 0 Å². The molecule has 0 unspecified atom stereocenters. The van der Waals surface area contributed by atoms with Crippen molar-refractivity contribution >= 4 is 5.91 Å². The smallest absolute Gasteiger partial charge is 0.254 e.